The summed E-state index contributed by atoms with van der Waals surface area (Å²) >= 11 is 0. The number of hydrogen-bond donors (Lipinski definition) is 1. The number of amides is 1. The van der Waals surface area contributed by atoms with Crippen molar-refractivity contribution in [1.29, 1.82) is 0 Å². The Morgan fingerprint density at radius 1 is 1.21 bits per heavy atom. The smallest absolute Gasteiger partial charge is 0.406 e. The number of nitrogens with zero attached hydrogens (tertiary/aromatic N) is 2. The van der Waals surface area contributed by atoms with Gasteiger partial charge in [0.2, 0.25) is 10.0 Å². The summed E-state index contributed by atoms with van der Waals surface area (Å²) < 4.78 is 67.0. The molecule has 0 spiro atoms. The second-order valence-corrected chi connectivity index (χ2v) is 8.89. The highest BCUT2D eigenvalue weighted by Crippen LogP contribution is 2.25. The van der Waals surface area contributed by atoms with Gasteiger partial charge < -0.3 is 14.5 Å². The monoisotopic (exact) mass is 424 g/mol. The first-order chi connectivity index (χ1) is 12.9. The van der Waals surface area contributed by atoms with Crippen LogP contribution in [-0.2, 0) is 14.8 Å². The quantitative estimate of drug-likeness (QED) is 0.715. The molecule has 1 N–H and O–H groups in total. The Labute approximate surface area is 162 Å². The predicted octanol–water partition coefficient (Wildman–Crippen LogP) is 0.341. The molecule has 0 aromatic heterocycles. The van der Waals surface area contributed by atoms with Crippen molar-refractivity contribution in [2.45, 2.75) is 31.1 Å². The molecule has 1 heterocycles. The lowest BCUT2D eigenvalue weighted by Gasteiger charge is -2.32. The van der Waals surface area contributed by atoms with Crippen LogP contribution in [0.25, 0.3) is 0 Å². The molecule has 1 aromatic rings. The van der Waals surface area contributed by atoms with Crippen LogP contribution in [0.5, 0.6) is 5.75 Å². The SMILES string of the molecule is CC(C)N(C)C(=O)C[NH+]1CCN(S(=O)(=O)c2ccc(OC(F)(F)F)cc2)CC1. The van der Waals surface area contributed by atoms with Crippen molar-refractivity contribution in [3.8, 4) is 5.75 Å². The number of carbonyl (C=O) groups is 1. The largest absolute Gasteiger partial charge is 0.573 e. The topological polar surface area (TPSA) is 71.4 Å². The minimum absolute atomic E-state index is 0.00144. The summed E-state index contributed by atoms with van der Waals surface area (Å²) in [6.07, 6.45) is -4.83. The highest BCUT2D eigenvalue weighted by Gasteiger charge is 2.33. The molecule has 7 nitrogen and oxygen atoms in total. The lowest BCUT2D eigenvalue weighted by atomic mass is 10.3. The van der Waals surface area contributed by atoms with Gasteiger partial charge in [-0.1, -0.05) is 0 Å². The second kappa shape index (κ2) is 8.66. The Morgan fingerprint density at radius 3 is 2.21 bits per heavy atom. The van der Waals surface area contributed by atoms with E-state index in [0.717, 1.165) is 29.2 Å². The molecule has 28 heavy (non-hydrogen) atoms. The molecule has 0 unspecified atom stereocenters. The summed E-state index contributed by atoms with van der Waals surface area (Å²) in [7, 11) is -2.08. The van der Waals surface area contributed by atoms with Gasteiger partial charge >= 0.3 is 6.36 Å². The van der Waals surface area contributed by atoms with E-state index in [1.54, 1.807) is 11.9 Å². The number of quaternary nitrogens is 1. The number of piperazine rings is 1. The summed E-state index contributed by atoms with van der Waals surface area (Å²) in [6, 6.07) is 4.23. The van der Waals surface area contributed by atoms with E-state index >= 15 is 0 Å². The normalized spacial score (nSPS) is 17.0. The molecule has 1 aliphatic heterocycles. The number of ether oxygens (including phenoxy) is 1. The fourth-order valence-electron chi connectivity index (χ4n) is 2.81. The molecule has 0 saturated carbocycles. The van der Waals surface area contributed by atoms with Gasteiger partial charge in [0.25, 0.3) is 5.91 Å². The van der Waals surface area contributed by atoms with Gasteiger partial charge in [0.05, 0.1) is 31.1 Å². The lowest BCUT2D eigenvalue weighted by Crippen LogP contribution is -3.15. The van der Waals surface area contributed by atoms with E-state index in [4.69, 9.17) is 0 Å². The van der Waals surface area contributed by atoms with E-state index < -0.39 is 22.1 Å². The Morgan fingerprint density at radius 2 is 1.75 bits per heavy atom. The fourth-order valence-corrected chi connectivity index (χ4v) is 4.25. The highest BCUT2D eigenvalue weighted by molar-refractivity contribution is 7.89. The van der Waals surface area contributed by atoms with Crippen LogP contribution in [0.3, 0.4) is 0 Å². The van der Waals surface area contributed by atoms with Crippen LogP contribution in [0.2, 0.25) is 0 Å². The standard InChI is InChI=1S/C17H24F3N3O4S/c1-13(2)21(3)16(24)12-22-8-10-23(11-9-22)28(25,26)15-6-4-14(5-7-15)27-17(18,19)20/h4-7,13H,8-12H2,1-3H3/p+1. The van der Waals surface area contributed by atoms with Crippen molar-refractivity contribution in [3.05, 3.63) is 24.3 Å². The third-order valence-electron chi connectivity index (χ3n) is 4.69. The molecule has 0 atom stereocenters. The highest BCUT2D eigenvalue weighted by atomic mass is 32.2. The van der Waals surface area contributed by atoms with E-state index in [9.17, 15) is 26.4 Å². The van der Waals surface area contributed by atoms with Crippen LogP contribution in [-0.4, -0.2) is 75.7 Å². The molecule has 1 amide bonds. The van der Waals surface area contributed by atoms with E-state index in [-0.39, 0.29) is 29.9 Å². The molecule has 1 aromatic carbocycles. The van der Waals surface area contributed by atoms with Gasteiger partial charge in [-0.05, 0) is 38.1 Å². The number of rotatable bonds is 6. The van der Waals surface area contributed by atoms with Crippen molar-refractivity contribution in [2.24, 2.45) is 0 Å². The first-order valence-electron chi connectivity index (χ1n) is 8.85. The maximum Gasteiger partial charge on any atom is 0.573 e. The van der Waals surface area contributed by atoms with Crippen molar-refractivity contribution in [3.63, 3.8) is 0 Å². The maximum absolute atomic E-state index is 12.7. The Hall–Kier alpha value is -1.85. The molecule has 158 valence electrons. The zero-order valence-corrected chi connectivity index (χ0v) is 16.8. The number of hydrogen-bond acceptors (Lipinski definition) is 4. The van der Waals surface area contributed by atoms with Crippen molar-refractivity contribution >= 4 is 15.9 Å². The molecule has 1 saturated heterocycles. The third kappa shape index (κ3) is 5.82. The number of benzene rings is 1. The van der Waals surface area contributed by atoms with Gasteiger partial charge in [-0.3, -0.25) is 4.79 Å². The first kappa shape index (κ1) is 22.4. The van der Waals surface area contributed by atoms with Gasteiger partial charge in [-0.15, -0.1) is 13.2 Å². The van der Waals surface area contributed by atoms with Crippen molar-refractivity contribution in [1.82, 2.24) is 9.21 Å². The van der Waals surface area contributed by atoms with E-state index in [0.29, 0.717) is 19.6 Å². The van der Waals surface area contributed by atoms with Gasteiger partial charge in [-0.2, -0.15) is 4.31 Å². The van der Waals surface area contributed by atoms with Gasteiger partial charge in [0.1, 0.15) is 5.75 Å². The van der Waals surface area contributed by atoms with Gasteiger partial charge in [0, 0.05) is 13.1 Å². The zero-order chi connectivity index (χ0) is 21.1. The number of sulfonamides is 1. The van der Waals surface area contributed by atoms with Crippen LogP contribution in [0.4, 0.5) is 13.2 Å². The molecule has 11 heteroatoms. The number of likely N-dealkylation sites (N-methyl/N-ethyl adjacent to an activating group) is 1. The number of carbonyl (C=O) groups excluding carboxylic acids is 1. The summed E-state index contributed by atoms with van der Waals surface area (Å²) in [6.45, 7) is 5.56. The number of nitrogens with one attached hydrogen (secondary N) is 1. The molecule has 0 radical (unpaired) electrons. The van der Waals surface area contributed by atoms with Crippen LogP contribution in [0.15, 0.2) is 29.2 Å². The van der Waals surface area contributed by atoms with Crippen LogP contribution in [0.1, 0.15) is 13.8 Å². The minimum atomic E-state index is -4.83. The van der Waals surface area contributed by atoms with Crippen molar-refractivity contribution < 1.29 is 36.0 Å². The lowest BCUT2D eigenvalue weighted by molar-refractivity contribution is -0.896. The summed E-state index contributed by atoms with van der Waals surface area (Å²) in [5, 5.41) is 0. The molecule has 0 bridgehead atoms. The predicted molar refractivity (Wildman–Crippen MR) is 95.4 cm³/mol. The minimum Gasteiger partial charge on any atom is -0.406 e. The fraction of sp³-hybridized carbons (Fsp3) is 0.588. The number of halogens is 3. The Balaban J connectivity index is 1.96. The average molecular weight is 424 g/mol. The van der Waals surface area contributed by atoms with Crippen LogP contribution in [0, 0.1) is 0 Å². The molecular weight excluding hydrogens is 399 g/mol. The zero-order valence-electron chi connectivity index (χ0n) is 16.0. The third-order valence-corrected chi connectivity index (χ3v) is 6.61. The molecule has 0 aliphatic carbocycles. The van der Waals surface area contributed by atoms with Crippen molar-refractivity contribution in [2.75, 3.05) is 39.8 Å². The van der Waals surface area contributed by atoms with Gasteiger partial charge in [-0.25, -0.2) is 8.42 Å². The van der Waals surface area contributed by atoms with E-state index in [2.05, 4.69) is 4.74 Å². The first-order valence-corrected chi connectivity index (χ1v) is 10.3. The molecule has 1 fully saturated rings. The van der Waals surface area contributed by atoms with Crippen LogP contribution < -0.4 is 9.64 Å². The summed E-state index contributed by atoms with van der Waals surface area (Å²) in [4.78, 5) is 14.7. The second-order valence-electron chi connectivity index (χ2n) is 6.95. The molecule has 1 aliphatic rings. The van der Waals surface area contributed by atoms with E-state index in [1.165, 1.54) is 4.31 Å². The van der Waals surface area contributed by atoms with Crippen LogP contribution >= 0.6 is 0 Å². The Kier molecular flexibility index (Phi) is 6.94. The summed E-state index contributed by atoms with van der Waals surface area (Å²) in [5.41, 5.74) is 0. The Bertz CT molecular complexity index is 774. The van der Waals surface area contributed by atoms with Gasteiger partial charge in [0.15, 0.2) is 6.54 Å². The maximum atomic E-state index is 12.7. The average Bonchev–Trinajstić information content (AvgIpc) is 2.60. The number of alkyl halides is 3. The van der Waals surface area contributed by atoms with E-state index in [1.807, 2.05) is 13.8 Å². The molecular formula is C17H25F3N3O4S+. The summed E-state index contributed by atoms with van der Waals surface area (Å²) in [5.74, 6) is -0.477. The molecule has 2 rings (SSSR count).